The van der Waals surface area contributed by atoms with Crippen molar-refractivity contribution in [3.8, 4) is 17.6 Å². The van der Waals surface area contributed by atoms with E-state index in [2.05, 4.69) is 31.8 Å². The van der Waals surface area contributed by atoms with Gasteiger partial charge in [-0.2, -0.15) is 13.2 Å². The number of nitrogens with one attached hydrogen (secondary N) is 1. The van der Waals surface area contributed by atoms with E-state index >= 15 is 0 Å². The highest BCUT2D eigenvalue weighted by Gasteiger charge is 2.67. The molecule has 60 heavy (non-hydrogen) atoms. The van der Waals surface area contributed by atoms with Gasteiger partial charge >= 0.3 is 6.18 Å². The van der Waals surface area contributed by atoms with Gasteiger partial charge in [-0.15, -0.1) is 0 Å². The van der Waals surface area contributed by atoms with Crippen molar-refractivity contribution in [3.05, 3.63) is 99.4 Å². The summed E-state index contributed by atoms with van der Waals surface area (Å²) in [6, 6.07) is 13.2. The highest BCUT2D eigenvalue weighted by Crippen LogP contribution is 2.59. The van der Waals surface area contributed by atoms with Gasteiger partial charge in [-0.3, -0.25) is 39.1 Å². The van der Waals surface area contributed by atoms with Gasteiger partial charge in [-0.05, 0) is 60.5 Å². The lowest BCUT2D eigenvalue weighted by atomic mass is 9.49. The van der Waals surface area contributed by atoms with Gasteiger partial charge in [0.15, 0.2) is 5.69 Å². The molecule has 3 saturated heterocycles. The number of likely N-dealkylation sites (tertiary alicyclic amines) is 1. The second-order valence-electron chi connectivity index (χ2n) is 17.8. The summed E-state index contributed by atoms with van der Waals surface area (Å²) in [4.78, 5) is 74.5. The van der Waals surface area contributed by atoms with Gasteiger partial charge in [0.05, 0.1) is 23.3 Å². The van der Waals surface area contributed by atoms with Gasteiger partial charge in [-0.1, -0.05) is 45.6 Å². The van der Waals surface area contributed by atoms with Crippen molar-refractivity contribution in [1.82, 2.24) is 20.0 Å². The number of anilines is 1. The molecule has 1 saturated carbocycles. The van der Waals surface area contributed by atoms with Crippen molar-refractivity contribution in [2.75, 3.05) is 31.1 Å². The summed E-state index contributed by atoms with van der Waals surface area (Å²) in [5, 5.41) is 2.22. The summed E-state index contributed by atoms with van der Waals surface area (Å²) < 4.78 is 47.2. The Bertz CT molecular complexity index is 2510. The van der Waals surface area contributed by atoms with Crippen LogP contribution < -0.4 is 15.0 Å². The molecule has 3 aromatic rings. The van der Waals surface area contributed by atoms with Crippen molar-refractivity contribution in [2.45, 2.75) is 77.5 Å². The zero-order chi connectivity index (χ0) is 42.6. The summed E-state index contributed by atoms with van der Waals surface area (Å²) in [6.07, 6.45) is -5.03. The maximum atomic E-state index is 13.8. The third-order valence-corrected chi connectivity index (χ3v) is 13.2. The molecule has 15 heteroatoms. The average molecular weight is 819 g/mol. The number of nitrogens with zero attached hydrogens (tertiary/aromatic N) is 5. The van der Waals surface area contributed by atoms with Crippen molar-refractivity contribution in [1.29, 1.82) is 0 Å². The highest BCUT2D eigenvalue weighted by molar-refractivity contribution is 6.23. The standard InChI is InChI=1S/C45H41F3N6O6/c1-43(2)41(44(3,4)42(43)60-29-10-13-34(49-5)33(18-29)45(46,47)48)53-21-26-16-24(8-11-30(26)38(53)57)6-7-25-19-51(20-25)28-22-52(23-28)27-9-12-31-32(17-27)40(59)54(39(31)58)35-14-15-36(55)50-37(35)56/h8-13,16-18,25,28,35,41-42H,14-15,19-23H2,1-4H3,(H,50,55,56). The molecule has 5 amide bonds. The largest absolute Gasteiger partial charge is 0.489 e. The van der Waals surface area contributed by atoms with Gasteiger partial charge in [0.25, 0.3) is 17.7 Å². The molecule has 4 fully saturated rings. The van der Waals surface area contributed by atoms with Gasteiger partial charge in [0, 0.05) is 84.8 Å². The van der Waals surface area contributed by atoms with Crippen LogP contribution in [0.25, 0.3) is 4.85 Å². The molecule has 0 aromatic heterocycles. The summed E-state index contributed by atoms with van der Waals surface area (Å²) >= 11 is 0. The fraction of sp³-hybridized carbons (Fsp3) is 0.422. The Morgan fingerprint density at radius 1 is 0.850 bits per heavy atom. The first-order valence-electron chi connectivity index (χ1n) is 19.9. The molecule has 5 aliphatic heterocycles. The van der Waals surface area contributed by atoms with Crippen LogP contribution in [-0.4, -0.2) is 94.6 Å². The molecule has 1 atom stereocenters. The van der Waals surface area contributed by atoms with Gasteiger partial charge in [-0.25, -0.2) is 4.85 Å². The van der Waals surface area contributed by atoms with Crippen LogP contribution in [0.1, 0.15) is 88.3 Å². The minimum Gasteiger partial charge on any atom is -0.489 e. The molecular formula is C45H41F3N6O6. The maximum absolute atomic E-state index is 13.8. The molecule has 0 radical (unpaired) electrons. The fourth-order valence-electron chi connectivity index (χ4n) is 10.5. The molecule has 0 spiro atoms. The Balaban J connectivity index is 0.788. The summed E-state index contributed by atoms with van der Waals surface area (Å²) in [6.45, 7) is 18.5. The first kappa shape index (κ1) is 39.3. The van der Waals surface area contributed by atoms with E-state index in [1.807, 2.05) is 56.9 Å². The lowest BCUT2D eigenvalue weighted by Crippen LogP contribution is -2.74. The molecule has 9 rings (SSSR count). The highest BCUT2D eigenvalue weighted by atomic mass is 19.4. The number of carbonyl (C=O) groups is 5. The minimum absolute atomic E-state index is 0.0268. The van der Waals surface area contributed by atoms with E-state index in [4.69, 9.17) is 11.3 Å². The van der Waals surface area contributed by atoms with Gasteiger partial charge in [0.2, 0.25) is 11.8 Å². The molecule has 308 valence electrons. The first-order chi connectivity index (χ1) is 28.4. The quantitative estimate of drug-likeness (QED) is 0.192. The lowest BCUT2D eigenvalue weighted by Gasteiger charge is -2.65. The number of hydrogen-bond acceptors (Lipinski definition) is 8. The average Bonchev–Trinajstić information content (AvgIpc) is 3.59. The van der Waals surface area contributed by atoms with E-state index < -0.39 is 64.0 Å². The second-order valence-corrected chi connectivity index (χ2v) is 17.8. The molecule has 6 aliphatic rings. The maximum Gasteiger partial charge on any atom is 0.407 e. The summed E-state index contributed by atoms with van der Waals surface area (Å²) in [5.41, 5.74) is 0.910. The van der Waals surface area contributed by atoms with Crippen molar-refractivity contribution in [3.63, 3.8) is 0 Å². The van der Waals surface area contributed by atoms with Gasteiger partial charge < -0.3 is 14.5 Å². The van der Waals surface area contributed by atoms with E-state index in [1.54, 1.807) is 12.1 Å². The number of ether oxygens (including phenoxy) is 1. The molecule has 0 bridgehead atoms. The van der Waals surface area contributed by atoms with Crippen LogP contribution in [0.5, 0.6) is 5.75 Å². The van der Waals surface area contributed by atoms with E-state index in [9.17, 15) is 37.1 Å². The molecule has 3 aromatic carbocycles. The molecule has 5 heterocycles. The summed E-state index contributed by atoms with van der Waals surface area (Å²) in [5.74, 6) is 4.70. The number of imide groups is 2. The molecular weight excluding hydrogens is 778 g/mol. The Labute approximate surface area is 344 Å². The van der Waals surface area contributed by atoms with Crippen molar-refractivity contribution < 1.29 is 41.9 Å². The van der Waals surface area contributed by atoms with Crippen LogP contribution in [0.3, 0.4) is 0 Å². The van der Waals surface area contributed by atoms with Crippen LogP contribution in [-0.2, 0) is 22.3 Å². The Morgan fingerprint density at radius 3 is 2.23 bits per heavy atom. The minimum atomic E-state index is -4.70. The number of fused-ring (bicyclic) bond motifs is 2. The number of halogens is 3. The molecule has 1 N–H and O–H groups in total. The fourth-order valence-corrected chi connectivity index (χ4v) is 10.5. The van der Waals surface area contributed by atoms with Crippen LogP contribution in [0.2, 0.25) is 0 Å². The van der Waals surface area contributed by atoms with Crippen molar-refractivity contribution in [2.24, 2.45) is 16.7 Å². The third kappa shape index (κ3) is 6.21. The Morgan fingerprint density at radius 2 is 1.55 bits per heavy atom. The number of rotatable bonds is 6. The van der Waals surface area contributed by atoms with Crippen LogP contribution >= 0.6 is 0 Å². The topological polar surface area (TPSA) is 124 Å². The Hall–Kier alpha value is -6.19. The predicted molar refractivity (Wildman–Crippen MR) is 211 cm³/mol. The normalized spacial score (nSPS) is 24.7. The Kier molecular flexibility index (Phi) is 8.95. The number of amides is 5. The number of benzene rings is 3. The molecule has 1 unspecified atom stereocenters. The number of carbonyl (C=O) groups excluding carboxylic acids is 5. The monoisotopic (exact) mass is 818 g/mol. The van der Waals surface area contributed by atoms with Crippen molar-refractivity contribution >= 4 is 40.9 Å². The second kappa shape index (κ2) is 13.7. The zero-order valence-corrected chi connectivity index (χ0v) is 33.4. The number of piperidine rings is 1. The van der Waals surface area contributed by atoms with Crippen LogP contribution in [0.15, 0.2) is 54.6 Å². The smallest absolute Gasteiger partial charge is 0.407 e. The van der Waals surface area contributed by atoms with E-state index in [1.165, 1.54) is 6.07 Å². The SMILES string of the molecule is [C-]#[N+]c1ccc(OC2C(C)(C)C(N3Cc4cc(C#CC5CN(C6CN(c7ccc8c(c7)C(=O)N(C7CCC(=O)NC7=O)C8=O)C6)C5)ccc4C3=O)C2(C)C)cc1C(F)(F)F. The third-order valence-electron chi connectivity index (χ3n) is 13.2. The first-order valence-corrected chi connectivity index (χ1v) is 19.9. The zero-order valence-electron chi connectivity index (χ0n) is 33.4. The van der Waals surface area contributed by atoms with E-state index in [-0.39, 0.29) is 47.6 Å². The number of hydrogen-bond donors (Lipinski definition) is 1. The lowest BCUT2D eigenvalue weighted by molar-refractivity contribution is -0.199. The summed E-state index contributed by atoms with van der Waals surface area (Å²) in [7, 11) is 0. The predicted octanol–water partition coefficient (Wildman–Crippen LogP) is 5.67. The molecule has 12 nitrogen and oxygen atoms in total. The van der Waals surface area contributed by atoms with E-state index in [0.717, 1.165) is 60.0 Å². The van der Waals surface area contributed by atoms with Crippen LogP contribution in [0.4, 0.5) is 24.5 Å². The van der Waals surface area contributed by atoms with Gasteiger partial charge in [0.1, 0.15) is 17.9 Å². The van der Waals surface area contributed by atoms with Crippen LogP contribution in [0, 0.1) is 35.2 Å². The van der Waals surface area contributed by atoms with E-state index in [0.29, 0.717) is 18.2 Å². The molecule has 1 aliphatic carbocycles. The number of alkyl halides is 3.